The molecule has 0 aromatic heterocycles. The molecule has 0 aliphatic heterocycles. The molecule has 19 heavy (non-hydrogen) atoms. The van der Waals surface area contributed by atoms with E-state index in [0.29, 0.717) is 5.02 Å². The third-order valence-corrected chi connectivity index (χ3v) is 3.59. The van der Waals surface area contributed by atoms with Crippen LogP contribution in [0.4, 0.5) is 5.69 Å². The van der Waals surface area contributed by atoms with E-state index in [4.69, 9.17) is 16.3 Å². The zero-order chi connectivity index (χ0) is 13.8. The molecule has 0 unspecified atom stereocenters. The number of ether oxygens (including phenoxy) is 1. The van der Waals surface area contributed by atoms with Crippen molar-refractivity contribution >= 4 is 33.2 Å². The molecular formula is C15H15BrClNO. The Kier molecular flexibility index (Phi) is 4.72. The van der Waals surface area contributed by atoms with Crippen LogP contribution in [0.15, 0.2) is 40.9 Å². The van der Waals surface area contributed by atoms with Crippen molar-refractivity contribution in [2.45, 2.75) is 13.5 Å². The molecule has 0 amide bonds. The second kappa shape index (κ2) is 6.31. The molecule has 0 heterocycles. The minimum absolute atomic E-state index is 0.666. The lowest BCUT2D eigenvalue weighted by atomic mass is 10.1. The Morgan fingerprint density at radius 1 is 1.26 bits per heavy atom. The van der Waals surface area contributed by atoms with Gasteiger partial charge in [0, 0.05) is 11.6 Å². The summed E-state index contributed by atoms with van der Waals surface area (Å²) in [4.78, 5) is 0. The van der Waals surface area contributed by atoms with Gasteiger partial charge in [-0.2, -0.15) is 0 Å². The van der Waals surface area contributed by atoms with Crippen LogP contribution in [0.3, 0.4) is 0 Å². The molecule has 0 spiro atoms. The lowest BCUT2D eigenvalue weighted by Crippen LogP contribution is -2.02. The predicted molar refractivity (Wildman–Crippen MR) is 84.2 cm³/mol. The molecular weight excluding hydrogens is 326 g/mol. The van der Waals surface area contributed by atoms with Crippen molar-refractivity contribution in [1.82, 2.24) is 0 Å². The smallest absolute Gasteiger partial charge is 0.156 e. The number of benzene rings is 2. The topological polar surface area (TPSA) is 21.3 Å². The largest absolute Gasteiger partial charge is 0.493 e. The van der Waals surface area contributed by atoms with Crippen LogP contribution >= 0.6 is 27.5 Å². The highest BCUT2D eigenvalue weighted by Gasteiger charge is 2.09. The summed E-state index contributed by atoms with van der Waals surface area (Å²) >= 11 is 9.51. The Bertz CT molecular complexity index is 586. The average Bonchev–Trinajstić information content (AvgIpc) is 2.36. The first-order valence-corrected chi connectivity index (χ1v) is 7.09. The van der Waals surface area contributed by atoms with Gasteiger partial charge in [-0.05, 0) is 40.5 Å². The van der Waals surface area contributed by atoms with Gasteiger partial charge in [0.1, 0.15) is 0 Å². The molecule has 0 aliphatic rings. The van der Waals surface area contributed by atoms with Gasteiger partial charge in [-0.3, -0.25) is 0 Å². The van der Waals surface area contributed by atoms with Gasteiger partial charge in [-0.1, -0.05) is 41.4 Å². The summed E-state index contributed by atoms with van der Waals surface area (Å²) in [7, 11) is 1.64. The number of anilines is 1. The summed E-state index contributed by atoms with van der Waals surface area (Å²) in [5, 5.41) is 4.02. The first-order chi connectivity index (χ1) is 9.10. The van der Waals surface area contributed by atoms with Crippen molar-refractivity contribution < 1.29 is 4.74 Å². The molecule has 0 radical (unpaired) electrons. The van der Waals surface area contributed by atoms with Crippen LogP contribution in [0.1, 0.15) is 11.1 Å². The Morgan fingerprint density at radius 3 is 2.74 bits per heavy atom. The second-order valence-corrected chi connectivity index (χ2v) is 5.60. The van der Waals surface area contributed by atoms with Gasteiger partial charge >= 0.3 is 0 Å². The van der Waals surface area contributed by atoms with Crippen molar-refractivity contribution in [2.24, 2.45) is 0 Å². The average molecular weight is 341 g/mol. The fourth-order valence-electron chi connectivity index (χ4n) is 1.92. The second-order valence-electron chi connectivity index (χ2n) is 4.31. The van der Waals surface area contributed by atoms with Crippen LogP contribution in [0, 0.1) is 6.92 Å². The van der Waals surface area contributed by atoms with Crippen molar-refractivity contribution in [3.05, 3.63) is 57.0 Å². The Labute approximate surface area is 126 Å². The highest BCUT2D eigenvalue weighted by atomic mass is 79.9. The molecule has 0 saturated heterocycles. The molecule has 4 heteroatoms. The van der Waals surface area contributed by atoms with Crippen LogP contribution < -0.4 is 10.1 Å². The number of hydrogen-bond donors (Lipinski definition) is 1. The normalized spacial score (nSPS) is 10.3. The van der Waals surface area contributed by atoms with Gasteiger partial charge in [0.25, 0.3) is 0 Å². The SMILES string of the molecule is COc1c(Br)cc(Cl)cc1NCc1cccc(C)c1. The Hall–Kier alpha value is -1.19. The van der Waals surface area contributed by atoms with E-state index in [9.17, 15) is 0 Å². The van der Waals surface area contributed by atoms with E-state index in [1.807, 2.05) is 12.1 Å². The monoisotopic (exact) mass is 339 g/mol. The fourth-order valence-corrected chi connectivity index (χ4v) is 2.89. The van der Waals surface area contributed by atoms with Gasteiger partial charge in [0.15, 0.2) is 5.75 Å². The van der Waals surface area contributed by atoms with Gasteiger partial charge in [0.05, 0.1) is 17.3 Å². The fraction of sp³-hybridized carbons (Fsp3) is 0.200. The maximum atomic E-state index is 6.06. The zero-order valence-corrected chi connectivity index (χ0v) is 13.2. The lowest BCUT2D eigenvalue weighted by Gasteiger charge is -2.13. The van der Waals surface area contributed by atoms with Crippen molar-refractivity contribution in [2.75, 3.05) is 12.4 Å². The van der Waals surface area contributed by atoms with Crippen molar-refractivity contribution in [3.63, 3.8) is 0 Å². The number of methoxy groups -OCH3 is 1. The lowest BCUT2D eigenvalue weighted by molar-refractivity contribution is 0.414. The van der Waals surface area contributed by atoms with Crippen LogP contribution in [0.2, 0.25) is 5.02 Å². The van der Waals surface area contributed by atoms with Crippen LogP contribution in [-0.4, -0.2) is 7.11 Å². The molecule has 1 N–H and O–H groups in total. The number of hydrogen-bond acceptors (Lipinski definition) is 2. The summed E-state index contributed by atoms with van der Waals surface area (Å²) in [5.74, 6) is 0.761. The molecule has 100 valence electrons. The van der Waals surface area contributed by atoms with Crippen LogP contribution in [-0.2, 0) is 6.54 Å². The molecule has 0 aliphatic carbocycles. The van der Waals surface area contributed by atoms with Crippen molar-refractivity contribution in [1.29, 1.82) is 0 Å². The summed E-state index contributed by atoms with van der Waals surface area (Å²) in [6.45, 7) is 2.81. The third-order valence-electron chi connectivity index (χ3n) is 2.78. The Morgan fingerprint density at radius 2 is 2.05 bits per heavy atom. The number of nitrogens with one attached hydrogen (secondary N) is 1. The van der Waals surface area contributed by atoms with E-state index < -0.39 is 0 Å². The first-order valence-electron chi connectivity index (χ1n) is 5.92. The van der Waals surface area contributed by atoms with E-state index in [1.165, 1.54) is 11.1 Å². The molecule has 2 aromatic rings. The highest BCUT2D eigenvalue weighted by Crippen LogP contribution is 2.36. The molecule has 2 nitrogen and oxygen atoms in total. The van der Waals surface area contributed by atoms with Crippen molar-refractivity contribution in [3.8, 4) is 5.75 Å². The molecule has 0 fully saturated rings. The molecule has 2 aromatic carbocycles. The van der Waals surface area contributed by atoms with E-state index in [-0.39, 0.29) is 0 Å². The quantitative estimate of drug-likeness (QED) is 0.842. The van der Waals surface area contributed by atoms with Gasteiger partial charge in [-0.15, -0.1) is 0 Å². The minimum Gasteiger partial charge on any atom is -0.493 e. The Balaban J connectivity index is 2.19. The summed E-state index contributed by atoms with van der Waals surface area (Å²) in [6.07, 6.45) is 0. The van der Waals surface area contributed by atoms with Gasteiger partial charge in [-0.25, -0.2) is 0 Å². The number of rotatable bonds is 4. The predicted octanol–water partition coefficient (Wildman–Crippen LogP) is 5.03. The molecule has 0 bridgehead atoms. The van der Waals surface area contributed by atoms with Gasteiger partial charge < -0.3 is 10.1 Å². The molecule has 2 rings (SSSR count). The minimum atomic E-state index is 0.666. The molecule has 0 atom stereocenters. The third kappa shape index (κ3) is 3.64. The first kappa shape index (κ1) is 14.2. The summed E-state index contributed by atoms with van der Waals surface area (Å²) < 4.78 is 6.22. The molecule has 0 saturated carbocycles. The summed E-state index contributed by atoms with van der Waals surface area (Å²) in [5.41, 5.74) is 3.35. The van der Waals surface area contributed by atoms with Gasteiger partial charge in [0.2, 0.25) is 0 Å². The van der Waals surface area contributed by atoms with Crippen LogP contribution in [0.5, 0.6) is 5.75 Å². The van der Waals surface area contributed by atoms with Crippen LogP contribution in [0.25, 0.3) is 0 Å². The highest BCUT2D eigenvalue weighted by molar-refractivity contribution is 9.10. The maximum Gasteiger partial charge on any atom is 0.156 e. The number of halogens is 2. The van der Waals surface area contributed by atoms with E-state index in [1.54, 1.807) is 7.11 Å². The number of aryl methyl sites for hydroxylation is 1. The maximum absolute atomic E-state index is 6.06. The standard InChI is InChI=1S/C15H15BrClNO/c1-10-4-3-5-11(6-10)9-18-14-8-12(17)7-13(16)15(14)19-2/h3-8,18H,9H2,1-2H3. The summed E-state index contributed by atoms with van der Waals surface area (Å²) in [6, 6.07) is 12.1. The van der Waals surface area contributed by atoms with E-state index in [0.717, 1.165) is 22.5 Å². The van der Waals surface area contributed by atoms with E-state index in [2.05, 4.69) is 52.4 Å². The van der Waals surface area contributed by atoms with E-state index >= 15 is 0 Å². The zero-order valence-electron chi connectivity index (χ0n) is 10.8.